The summed E-state index contributed by atoms with van der Waals surface area (Å²) in [7, 11) is 0. The summed E-state index contributed by atoms with van der Waals surface area (Å²) in [6.07, 6.45) is 5.83. The van der Waals surface area contributed by atoms with E-state index in [0.717, 1.165) is 0 Å². The molecule has 27 heavy (non-hydrogen) atoms. The van der Waals surface area contributed by atoms with Gasteiger partial charge in [0, 0.05) is 0 Å². The topological polar surface area (TPSA) is 55.4 Å². The van der Waals surface area contributed by atoms with Gasteiger partial charge in [0.05, 0.1) is 39.6 Å². The van der Waals surface area contributed by atoms with Crippen LogP contribution in [0.3, 0.4) is 0 Å². The smallest absolute Gasteiger partial charge is 0.187 e. The lowest BCUT2D eigenvalue weighted by Crippen LogP contribution is -2.62. The first kappa shape index (κ1) is 23.5. The molecule has 0 saturated carbocycles. The molecule has 1 aliphatic rings. The lowest BCUT2D eigenvalue weighted by atomic mass is 9.98. The number of hydrogen-bond donors (Lipinski definition) is 0. The Hall–Kier alpha value is -1.54. The van der Waals surface area contributed by atoms with Crippen LogP contribution in [0.4, 0.5) is 0 Å². The summed E-state index contributed by atoms with van der Waals surface area (Å²) in [4.78, 5) is 0. The molecular formula is C21H32O6. The zero-order chi connectivity index (χ0) is 19.9. The highest BCUT2D eigenvalue weighted by Gasteiger charge is 2.48. The first-order chi connectivity index (χ1) is 13.2. The fraction of sp³-hybridized carbons (Fsp3) is 0.524. The normalized spacial score (nSPS) is 27.6. The first-order valence-electron chi connectivity index (χ1n) is 8.97. The Balaban J connectivity index is 3.07. The van der Waals surface area contributed by atoms with E-state index in [9.17, 15) is 0 Å². The second-order valence-electron chi connectivity index (χ2n) is 5.75. The Kier molecular flexibility index (Phi) is 12.6. The van der Waals surface area contributed by atoms with Crippen LogP contribution in [-0.4, -0.2) is 70.3 Å². The van der Waals surface area contributed by atoms with E-state index in [1.54, 1.807) is 30.4 Å². The molecule has 152 valence electrons. The van der Waals surface area contributed by atoms with E-state index in [4.69, 9.17) is 28.4 Å². The fourth-order valence-corrected chi connectivity index (χ4v) is 2.68. The highest BCUT2D eigenvalue weighted by Crippen LogP contribution is 2.29. The van der Waals surface area contributed by atoms with Gasteiger partial charge < -0.3 is 28.4 Å². The zero-order valence-electron chi connectivity index (χ0n) is 16.0. The van der Waals surface area contributed by atoms with Crippen molar-refractivity contribution in [3.8, 4) is 0 Å². The van der Waals surface area contributed by atoms with Crippen molar-refractivity contribution >= 4 is 0 Å². The van der Waals surface area contributed by atoms with Crippen molar-refractivity contribution in [1.82, 2.24) is 0 Å². The molecule has 0 bridgehead atoms. The molecule has 0 aromatic rings. The number of rotatable bonds is 16. The van der Waals surface area contributed by atoms with Crippen LogP contribution in [0.5, 0.6) is 0 Å². The molecule has 0 aliphatic carbocycles. The first-order valence-corrected chi connectivity index (χ1v) is 8.97. The predicted molar refractivity (Wildman–Crippen MR) is 106 cm³/mol. The maximum atomic E-state index is 6.11. The SMILES string of the molecule is C=CCOC[C@H]1OC(OCC=C)[C@H](OCC=C)[C@@H](OCC=C)[C@@H]1OCC=C. The standard InChI is InChI=1S/C21H32O6/c1-6-11-22-16-17-18(23-12-7-2)19(24-13-8-3)20(25-14-9-4)21(27-17)26-15-10-5/h6-10,17-21H,1-5,11-16H2/t17-,18-,19+,20-,21?/m1/s1. The van der Waals surface area contributed by atoms with Crippen molar-refractivity contribution in [3.63, 3.8) is 0 Å². The molecule has 0 spiro atoms. The summed E-state index contributed by atoms with van der Waals surface area (Å²) in [6.45, 7) is 20.5. The summed E-state index contributed by atoms with van der Waals surface area (Å²) in [5.74, 6) is 0. The van der Waals surface area contributed by atoms with Crippen LogP contribution in [0.15, 0.2) is 63.3 Å². The van der Waals surface area contributed by atoms with Gasteiger partial charge in [-0.3, -0.25) is 0 Å². The molecule has 1 aliphatic heterocycles. The van der Waals surface area contributed by atoms with Gasteiger partial charge in [-0.15, -0.1) is 32.9 Å². The van der Waals surface area contributed by atoms with Gasteiger partial charge in [-0.05, 0) is 0 Å². The van der Waals surface area contributed by atoms with E-state index in [2.05, 4.69) is 32.9 Å². The molecule has 6 heteroatoms. The fourth-order valence-electron chi connectivity index (χ4n) is 2.68. The molecule has 1 saturated heterocycles. The summed E-state index contributed by atoms with van der Waals surface area (Å²) < 4.78 is 35.4. The maximum absolute atomic E-state index is 6.11. The molecule has 0 aromatic heterocycles. The third-order valence-electron chi connectivity index (χ3n) is 3.71. The predicted octanol–water partition coefficient (Wildman–Crippen LogP) is 2.83. The third kappa shape index (κ3) is 7.92. The average Bonchev–Trinajstić information content (AvgIpc) is 2.68. The molecule has 0 N–H and O–H groups in total. The van der Waals surface area contributed by atoms with E-state index < -0.39 is 30.7 Å². The second-order valence-corrected chi connectivity index (χ2v) is 5.75. The Bertz CT molecular complexity index is 464. The summed E-state index contributed by atoms with van der Waals surface area (Å²) >= 11 is 0. The van der Waals surface area contributed by atoms with Crippen molar-refractivity contribution in [1.29, 1.82) is 0 Å². The Morgan fingerprint density at radius 3 is 1.63 bits per heavy atom. The van der Waals surface area contributed by atoms with Gasteiger partial charge in [0.25, 0.3) is 0 Å². The van der Waals surface area contributed by atoms with Crippen LogP contribution in [0.2, 0.25) is 0 Å². The van der Waals surface area contributed by atoms with Crippen LogP contribution in [-0.2, 0) is 28.4 Å². The zero-order valence-corrected chi connectivity index (χ0v) is 16.0. The van der Waals surface area contributed by atoms with Gasteiger partial charge in [0.1, 0.15) is 24.4 Å². The minimum atomic E-state index is -0.668. The maximum Gasteiger partial charge on any atom is 0.187 e. The molecular weight excluding hydrogens is 348 g/mol. The van der Waals surface area contributed by atoms with Crippen LogP contribution in [0.25, 0.3) is 0 Å². The minimum absolute atomic E-state index is 0.296. The van der Waals surface area contributed by atoms with Crippen molar-refractivity contribution in [2.75, 3.05) is 39.6 Å². The molecule has 1 rings (SSSR count). The molecule has 6 nitrogen and oxygen atoms in total. The molecule has 1 heterocycles. The molecule has 0 amide bonds. The van der Waals surface area contributed by atoms with Gasteiger partial charge in [0.2, 0.25) is 0 Å². The second kappa shape index (κ2) is 14.5. The quantitative estimate of drug-likeness (QED) is 0.303. The van der Waals surface area contributed by atoms with E-state index in [0.29, 0.717) is 39.6 Å². The molecule has 1 unspecified atom stereocenters. The average molecular weight is 380 g/mol. The lowest BCUT2D eigenvalue weighted by molar-refractivity contribution is -0.317. The lowest BCUT2D eigenvalue weighted by Gasteiger charge is -2.45. The van der Waals surface area contributed by atoms with E-state index in [1.165, 1.54) is 0 Å². The highest BCUT2D eigenvalue weighted by molar-refractivity contribution is 4.95. The summed E-state index contributed by atoms with van der Waals surface area (Å²) in [5.41, 5.74) is 0. The Morgan fingerprint density at radius 1 is 0.593 bits per heavy atom. The Morgan fingerprint density at radius 2 is 1.07 bits per heavy atom. The molecule has 0 aromatic carbocycles. The van der Waals surface area contributed by atoms with E-state index in [1.807, 2.05) is 0 Å². The minimum Gasteiger partial charge on any atom is -0.375 e. The van der Waals surface area contributed by atoms with Crippen LogP contribution in [0, 0.1) is 0 Å². The third-order valence-corrected chi connectivity index (χ3v) is 3.71. The van der Waals surface area contributed by atoms with Crippen LogP contribution in [0.1, 0.15) is 0 Å². The van der Waals surface area contributed by atoms with Crippen molar-refractivity contribution in [2.24, 2.45) is 0 Å². The van der Waals surface area contributed by atoms with Gasteiger partial charge in [0.15, 0.2) is 6.29 Å². The highest BCUT2D eigenvalue weighted by atomic mass is 16.7. The molecule has 5 atom stereocenters. The Labute approximate surface area is 162 Å². The number of hydrogen-bond acceptors (Lipinski definition) is 6. The van der Waals surface area contributed by atoms with Crippen LogP contribution < -0.4 is 0 Å². The molecule has 1 fully saturated rings. The number of ether oxygens (including phenoxy) is 6. The molecule has 0 radical (unpaired) electrons. The van der Waals surface area contributed by atoms with Crippen molar-refractivity contribution < 1.29 is 28.4 Å². The van der Waals surface area contributed by atoms with E-state index >= 15 is 0 Å². The van der Waals surface area contributed by atoms with Gasteiger partial charge >= 0.3 is 0 Å². The van der Waals surface area contributed by atoms with E-state index in [-0.39, 0.29) is 0 Å². The summed E-state index contributed by atoms with van der Waals surface area (Å²) in [6, 6.07) is 0. The monoisotopic (exact) mass is 380 g/mol. The van der Waals surface area contributed by atoms with Gasteiger partial charge in [-0.2, -0.15) is 0 Å². The van der Waals surface area contributed by atoms with Gasteiger partial charge in [-0.25, -0.2) is 0 Å². The van der Waals surface area contributed by atoms with Gasteiger partial charge in [-0.1, -0.05) is 30.4 Å². The largest absolute Gasteiger partial charge is 0.375 e. The van der Waals surface area contributed by atoms with Crippen LogP contribution >= 0.6 is 0 Å². The van der Waals surface area contributed by atoms with Crippen molar-refractivity contribution in [3.05, 3.63) is 63.3 Å². The summed E-state index contributed by atoms with van der Waals surface area (Å²) in [5, 5.41) is 0. The van der Waals surface area contributed by atoms with Crippen molar-refractivity contribution in [2.45, 2.75) is 30.7 Å².